The molecule has 1 unspecified atom stereocenters. The quantitative estimate of drug-likeness (QED) is 0.659. The van der Waals surface area contributed by atoms with Gasteiger partial charge in [-0.2, -0.15) is 4.98 Å². The van der Waals surface area contributed by atoms with Crippen molar-refractivity contribution in [3.05, 3.63) is 16.3 Å². The number of aromatic nitrogens is 2. The minimum atomic E-state index is -0.451. The standard InChI is InChI=1S/C12H19N5O3/c1-12(20-3)5-4-6-16(8-12)10-9(17(18)19)7-14-11(13-2)15-10/h7H,4-6,8H2,1-3H3,(H,13,14,15). The summed E-state index contributed by atoms with van der Waals surface area (Å²) in [6, 6.07) is 0. The summed E-state index contributed by atoms with van der Waals surface area (Å²) < 4.78 is 5.52. The molecule has 1 aliphatic rings. The first kappa shape index (κ1) is 14.4. The van der Waals surface area contributed by atoms with E-state index in [4.69, 9.17) is 4.74 Å². The molecule has 8 heteroatoms. The van der Waals surface area contributed by atoms with E-state index in [2.05, 4.69) is 15.3 Å². The molecular weight excluding hydrogens is 262 g/mol. The topological polar surface area (TPSA) is 93.4 Å². The molecule has 0 aliphatic carbocycles. The SMILES string of the molecule is CNc1ncc([N+](=O)[O-])c(N2CCCC(C)(OC)C2)n1. The van der Waals surface area contributed by atoms with Crippen LogP contribution in [0.25, 0.3) is 0 Å². The third kappa shape index (κ3) is 2.79. The molecule has 1 saturated heterocycles. The largest absolute Gasteiger partial charge is 0.377 e. The molecule has 1 aromatic heterocycles. The van der Waals surface area contributed by atoms with Crippen molar-refractivity contribution < 1.29 is 9.66 Å². The van der Waals surface area contributed by atoms with Gasteiger partial charge < -0.3 is 15.0 Å². The Labute approximate surface area is 117 Å². The molecule has 110 valence electrons. The first-order valence-corrected chi connectivity index (χ1v) is 6.48. The Balaban J connectivity index is 2.37. The van der Waals surface area contributed by atoms with Crippen molar-refractivity contribution in [3.63, 3.8) is 0 Å². The van der Waals surface area contributed by atoms with Gasteiger partial charge >= 0.3 is 5.69 Å². The van der Waals surface area contributed by atoms with Gasteiger partial charge in [0.2, 0.25) is 11.8 Å². The Morgan fingerprint density at radius 2 is 2.35 bits per heavy atom. The molecule has 0 saturated carbocycles. The fourth-order valence-electron chi connectivity index (χ4n) is 2.40. The van der Waals surface area contributed by atoms with Gasteiger partial charge in [-0.15, -0.1) is 0 Å². The normalized spacial score (nSPS) is 22.6. The minimum absolute atomic E-state index is 0.0793. The van der Waals surface area contributed by atoms with Crippen molar-refractivity contribution in [2.24, 2.45) is 0 Å². The van der Waals surface area contributed by atoms with E-state index in [1.807, 2.05) is 11.8 Å². The van der Waals surface area contributed by atoms with Gasteiger partial charge in [-0.1, -0.05) is 0 Å². The van der Waals surface area contributed by atoms with Crippen molar-refractivity contribution in [3.8, 4) is 0 Å². The Morgan fingerprint density at radius 1 is 1.60 bits per heavy atom. The molecule has 1 fully saturated rings. The number of piperidine rings is 1. The highest BCUT2D eigenvalue weighted by molar-refractivity contribution is 5.59. The average molecular weight is 281 g/mol. The lowest BCUT2D eigenvalue weighted by atomic mass is 9.95. The Bertz CT molecular complexity index is 510. The van der Waals surface area contributed by atoms with E-state index in [1.54, 1.807) is 14.2 Å². The molecule has 0 bridgehead atoms. The fraction of sp³-hybridized carbons (Fsp3) is 0.667. The Hall–Kier alpha value is -1.96. The second kappa shape index (κ2) is 5.58. The molecule has 0 amide bonds. The van der Waals surface area contributed by atoms with Crippen LogP contribution in [0.15, 0.2) is 6.20 Å². The fourth-order valence-corrected chi connectivity index (χ4v) is 2.40. The molecule has 2 heterocycles. The van der Waals surface area contributed by atoms with Crippen LogP contribution < -0.4 is 10.2 Å². The monoisotopic (exact) mass is 281 g/mol. The van der Waals surface area contributed by atoms with Gasteiger partial charge in [0.25, 0.3) is 0 Å². The van der Waals surface area contributed by atoms with Crippen LogP contribution in [0.2, 0.25) is 0 Å². The van der Waals surface area contributed by atoms with Crippen LogP contribution in [0.1, 0.15) is 19.8 Å². The lowest BCUT2D eigenvalue weighted by Gasteiger charge is -2.39. The maximum absolute atomic E-state index is 11.1. The third-order valence-corrected chi connectivity index (χ3v) is 3.62. The zero-order chi connectivity index (χ0) is 14.8. The number of nitro groups is 1. The lowest BCUT2D eigenvalue weighted by Crippen LogP contribution is -2.48. The highest BCUT2D eigenvalue weighted by Gasteiger charge is 2.34. The second-order valence-electron chi connectivity index (χ2n) is 5.09. The van der Waals surface area contributed by atoms with Crippen molar-refractivity contribution in [2.45, 2.75) is 25.4 Å². The number of ether oxygens (including phenoxy) is 1. The summed E-state index contributed by atoms with van der Waals surface area (Å²) >= 11 is 0. The predicted molar refractivity (Wildman–Crippen MR) is 75.1 cm³/mol. The molecule has 1 aromatic rings. The number of nitrogens with one attached hydrogen (secondary N) is 1. The van der Waals surface area contributed by atoms with Crippen molar-refractivity contribution in [2.75, 3.05) is 37.5 Å². The zero-order valence-electron chi connectivity index (χ0n) is 11.9. The summed E-state index contributed by atoms with van der Waals surface area (Å²) in [7, 11) is 3.34. The summed E-state index contributed by atoms with van der Waals surface area (Å²) in [5.41, 5.74) is -0.388. The summed E-state index contributed by atoms with van der Waals surface area (Å²) in [5.74, 6) is 0.715. The molecule has 1 aliphatic heterocycles. The maximum Gasteiger partial charge on any atom is 0.329 e. The van der Waals surface area contributed by atoms with Gasteiger partial charge in [-0.05, 0) is 19.8 Å². The molecule has 0 radical (unpaired) electrons. The van der Waals surface area contributed by atoms with Crippen LogP contribution in [-0.2, 0) is 4.74 Å². The maximum atomic E-state index is 11.1. The average Bonchev–Trinajstić information content (AvgIpc) is 2.46. The van der Waals surface area contributed by atoms with E-state index in [1.165, 1.54) is 6.20 Å². The number of nitrogens with zero attached hydrogens (tertiary/aromatic N) is 4. The van der Waals surface area contributed by atoms with Gasteiger partial charge in [-0.25, -0.2) is 4.98 Å². The van der Waals surface area contributed by atoms with Crippen LogP contribution in [0.3, 0.4) is 0 Å². The number of anilines is 2. The van der Waals surface area contributed by atoms with Crippen molar-refractivity contribution >= 4 is 17.5 Å². The predicted octanol–water partition coefficient (Wildman–Crippen LogP) is 1.43. The molecule has 1 atom stereocenters. The van der Waals surface area contributed by atoms with Crippen molar-refractivity contribution in [1.29, 1.82) is 0 Å². The van der Waals surface area contributed by atoms with Crippen LogP contribution in [0.4, 0.5) is 17.5 Å². The van der Waals surface area contributed by atoms with Crippen LogP contribution in [-0.4, -0.2) is 47.7 Å². The van der Waals surface area contributed by atoms with Crippen molar-refractivity contribution in [1.82, 2.24) is 9.97 Å². The van der Waals surface area contributed by atoms with E-state index in [-0.39, 0.29) is 11.3 Å². The Kier molecular flexibility index (Phi) is 4.03. The molecule has 1 N–H and O–H groups in total. The molecule has 2 rings (SSSR count). The van der Waals surface area contributed by atoms with E-state index in [9.17, 15) is 10.1 Å². The van der Waals surface area contributed by atoms with Gasteiger partial charge in [0, 0.05) is 27.2 Å². The van der Waals surface area contributed by atoms with Gasteiger partial charge in [0.1, 0.15) is 6.20 Å². The van der Waals surface area contributed by atoms with E-state index in [0.717, 1.165) is 19.4 Å². The van der Waals surface area contributed by atoms with Crippen LogP contribution in [0, 0.1) is 10.1 Å². The molecule has 0 aromatic carbocycles. The molecule has 20 heavy (non-hydrogen) atoms. The first-order chi connectivity index (χ1) is 9.49. The first-order valence-electron chi connectivity index (χ1n) is 6.48. The highest BCUT2D eigenvalue weighted by atomic mass is 16.6. The Morgan fingerprint density at radius 3 is 2.95 bits per heavy atom. The third-order valence-electron chi connectivity index (χ3n) is 3.62. The summed E-state index contributed by atoms with van der Waals surface area (Å²) in [4.78, 5) is 20.7. The van der Waals surface area contributed by atoms with E-state index < -0.39 is 4.92 Å². The minimum Gasteiger partial charge on any atom is -0.377 e. The molecular formula is C12H19N5O3. The van der Waals surface area contributed by atoms with E-state index in [0.29, 0.717) is 18.3 Å². The summed E-state index contributed by atoms with van der Waals surface area (Å²) in [6.45, 7) is 3.30. The lowest BCUT2D eigenvalue weighted by molar-refractivity contribution is -0.384. The highest BCUT2D eigenvalue weighted by Crippen LogP contribution is 2.32. The summed E-state index contributed by atoms with van der Waals surface area (Å²) in [5, 5.41) is 13.9. The number of rotatable bonds is 4. The van der Waals surface area contributed by atoms with Gasteiger partial charge in [0.15, 0.2) is 0 Å². The van der Waals surface area contributed by atoms with Gasteiger partial charge in [0.05, 0.1) is 10.5 Å². The molecule has 0 spiro atoms. The van der Waals surface area contributed by atoms with E-state index >= 15 is 0 Å². The second-order valence-corrected chi connectivity index (χ2v) is 5.09. The smallest absolute Gasteiger partial charge is 0.329 e. The number of methoxy groups -OCH3 is 1. The number of hydrogen-bond acceptors (Lipinski definition) is 7. The summed E-state index contributed by atoms with van der Waals surface area (Å²) in [6.07, 6.45) is 3.07. The van der Waals surface area contributed by atoms with Gasteiger partial charge in [-0.3, -0.25) is 10.1 Å². The zero-order valence-corrected chi connectivity index (χ0v) is 11.9. The number of hydrogen-bond donors (Lipinski definition) is 1. The molecule has 8 nitrogen and oxygen atoms in total. The van der Waals surface area contributed by atoms with Crippen LogP contribution in [0.5, 0.6) is 0 Å². The van der Waals surface area contributed by atoms with Crippen LogP contribution >= 0.6 is 0 Å².